The SMILES string of the molecule is COc1ccc(C2=NCC(=O)N(CC(F)(F)F)c3ccccc32)cc1.O=C1CN=C(c2cccc([N+](=O)[O-])c2)c2ccccc2N1CC(F)(F)F.O=c1cncc2ccccc2n1. The Morgan fingerprint density at radius 2 is 1.17 bits per heavy atom. The molecule has 3 heterocycles. The monoisotopic (exact) mass is 869 g/mol. The van der Waals surface area contributed by atoms with Crippen molar-refractivity contribution in [1.82, 2.24) is 9.97 Å². The minimum absolute atomic E-state index is 0.0672. The van der Waals surface area contributed by atoms with Gasteiger partial charge in [-0.2, -0.15) is 26.3 Å². The van der Waals surface area contributed by atoms with Crippen LogP contribution < -0.4 is 20.1 Å². The molecule has 63 heavy (non-hydrogen) atoms. The Kier molecular flexibility index (Phi) is 13.7. The van der Waals surface area contributed by atoms with E-state index in [9.17, 15) is 50.8 Å². The highest BCUT2D eigenvalue weighted by atomic mass is 19.4. The molecular weight excluding hydrogens is 837 g/mol. The third-order valence-electron chi connectivity index (χ3n) is 9.18. The largest absolute Gasteiger partial charge is 0.497 e. The molecular formula is C44H33F6N7O6. The van der Waals surface area contributed by atoms with Crippen LogP contribution in [-0.2, 0) is 9.59 Å². The zero-order valence-corrected chi connectivity index (χ0v) is 32.9. The van der Waals surface area contributed by atoms with Crippen LogP contribution in [0.5, 0.6) is 5.75 Å². The Hall–Kier alpha value is -7.83. The average Bonchev–Trinajstić information content (AvgIpc) is 3.59. The standard InChI is InChI=1S/C18H15F3N2O2.C17H12F3N3O3.C9H6N2O/c1-25-13-8-6-12(7-9-13)17-14-4-2-3-5-15(14)23(11-18(19,20)21)16(24)10-22-17;18-17(19,20)10-22-14-7-2-1-6-13(14)16(21-9-15(22)24)11-4-3-5-12(8-11)23(25)26;12-9-6-10-5-7-3-1-2-4-8(7)11-9/h2-9H,10-11H2,1H3;1-8H,9-10H2;1-6H. The molecule has 0 spiro atoms. The maximum atomic E-state index is 12.9. The van der Waals surface area contributed by atoms with Crippen LogP contribution in [0.3, 0.4) is 0 Å². The number of aliphatic imine (C=N–C) groups is 2. The summed E-state index contributed by atoms with van der Waals surface area (Å²) in [6.07, 6.45) is -6.23. The molecule has 0 bridgehead atoms. The van der Waals surface area contributed by atoms with Gasteiger partial charge in [0.2, 0.25) is 11.8 Å². The second-order valence-electron chi connectivity index (χ2n) is 13.5. The van der Waals surface area contributed by atoms with Gasteiger partial charge in [0.1, 0.15) is 31.9 Å². The Bertz CT molecular complexity index is 2780. The minimum atomic E-state index is -4.57. The average molecular weight is 870 g/mol. The van der Waals surface area contributed by atoms with E-state index in [1.165, 1.54) is 48.7 Å². The number of hydrogen-bond donors (Lipinski definition) is 0. The number of nitro benzene ring substituents is 1. The molecule has 2 amide bonds. The molecule has 1 aromatic heterocycles. The molecule has 0 fully saturated rings. The number of benzodiazepines with no additional fused rings is 2. The second kappa shape index (κ2) is 19.3. The minimum Gasteiger partial charge on any atom is -0.497 e. The third kappa shape index (κ3) is 11.5. The lowest BCUT2D eigenvalue weighted by Crippen LogP contribution is -2.40. The third-order valence-corrected chi connectivity index (χ3v) is 9.18. The van der Waals surface area contributed by atoms with Crippen molar-refractivity contribution in [3.8, 4) is 5.75 Å². The van der Waals surface area contributed by atoms with E-state index >= 15 is 0 Å². The van der Waals surface area contributed by atoms with Crippen LogP contribution >= 0.6 is 0 Å². The first kappa shape index (κ1) is 44.7. The van der Waals surface area contributed by atoms with Gasteiger partial charge in [0.15, 0.2) is 0 Å². The van der Waals surface area contributed by atoms with Gasteiger partial charge in [-0.15, -0.1) is 0 Å². The lowest BCUT2D eigenvalue weighted by Gasteiger charge is -2.24. The molecule has 0 N–H and O–H groups in total. The first-order valence-corrected chi connectivity index (χ1v) is 18.6. The number of anilines is 2. The molecule has 5 aromatic carbocycles. The Balaban J connectivity index is 0.000000167. The molecule has 0 radical (unpaired) electrons. The summed E-state index contributed by atoms with van der Waals surface area (Å²) in [5, 5.41) is 11.9. The van der Waals surface area contributed by atoms with Crippen molar-refractivity contribution in [3.63, 3.8) is 0 Å². The zero-order valence-electron chi connectivity index (χ0n) is 32.9. The number of aromatic nitrogens is 2. The number of benzene rings is 5. The molecule has 0 saturated heterocycles. The van der Waals surface area contributed by atoms with Gasteiger partial charge in [0.25, 0.3) is 11.2 Å². The topological polar surface area (TPSA) is 161 Å². The molecule has 2 aliphatic heterocycles. The summed E-state index contributed by atoms with van der Waals surface area (Å²) < 4.78 is 82.5. The Morgan fingerprint density at radius 3 is 1.71 bits per heavy atom. The molecule has 0 aliphatic carbocycles. The lowest BCUT2D eigenvalue weighted by molar-refractivity contribution is -0.384. The number of hydrogen-bond acceptors (Lipinski definition) is 10. The van der Waals surface area contributed by atoms with Crippen molar-refractivity contribution in [2.75, 3.05) is 43.1 Å². The summed E-state index contributed by atoms with van der Waals surface area (Å²) in [7, 11) is 1.54. The number of para-hydroxylation sites is 3. The summed E-state index contributed by atoms with van der Waals surface area (Å²) in [5.74, 6) is -0.829. The van der Waals surface area contributed by atoms with Crippen molar-refractivity contribution >= 4 is 51.2 Å². The van der Waals surface area contributed by atoms with Gasteiger partial charge < -0.3 is 14.5 Å². The lowest BCUT2D eigenvalue weighted by atomic mass is 10.00. The summed E-state index contributed by atoms with van der Waals surface area (Å²) in [6, 6.07) is 32.5. The fourth-order valence-electron chi connectivity index (χ4n) is 6.46. The molecule has 13 nitrogen and oxygen atoms in total. The predicted molar refractivity (Wildman–Crippen MR) is 223 cm³/mol. The predicted octanol–water partition coefficient (Wildman–Crippen LogP) is 7.77. The molecule has 0 unspecified atom stereocenters. The molecule has 2 aliphatic rings. The number of nitrogens with zero attached hydrogens (tertiary/aromatic N) is 7. The first-order valence-electron chi connectivity index (χ1n) is 18.6. The first-order chi connectivity index (χ1) is 30.0. The number of carbonyl (C=O) groups excluding carboxylic acids is 2. The van der Waals surface area contributed by atoms with E-state index in [-0.39, 0.29) is 34.9 Å². The fraction of sp³-hybridized carbons (Fsp3) is 0.159. The van der Waals surface area contributed by atoms with E-state index in [4.69, 9.17) is 4.74 Å². The Labute approximate surface area is 353 Å². The van der Waals surface area contributed by atoms with Gasteiger partial charge in [-0.1, -0.05) is 66.7 Å². The second-order valence-corrected chi connectivity index (χ2v) is 13.5. The maximum Gasteiger partial charge on any atom is 0.406 e. The van der Waals surface area contributed by atoms with Crippen LogP contribution in [0.25, 0.3) is 10.9 Å². The van der Waals surface area contributed by atoms with Gasteiger partial charge >= 0.3 is 12.4 Å². The van der Waals surface area contributed by atoms with Gasteiger partial charge in [-0.25, -0.2) is 4.98 Å². The van der Waals surface area contributed by atoms with E-state index in [0.717, 1.165) is 10.3 Å². The number of fused-ring (bicyclic) bond motifs is 3. The number of ether oxygens (including phenoxy) is 1. The summed E-state index contributed by atoms with van der Waals surface area (Å²) in [5.41, 5.74) is 3.05. The van der Waals surface area contributed by atoms with Gasteiger partial charge in [-0.3, -0.25) is 39.5 Å². The molecule has 6 aromatic rings. The van der Waals surface area contributed by atoms with Crippen molar-refractivity contribution in [1.29, 1.82) is 0 Å². The van der Waals surface area contributed by atoms with Gasteiger partial charge in [0.05, 0.1) is 46.5 Å². The zero-order chi connectivity index (χ0) is 45.3. The highest BCUT2D eigenvalue weighted by molar-refractivity contribution is 6.20. The van der Waals surface area contributed by atoms with Crippen LogP contribution in [0, 0.1) is 10.1 Å². The van der Waals surface area contributed by atoms with Crippen molar-refractivity contribution in [3.05, 3.63) is 176 Å². The Morgan fingerprint density at radius 1 is 0.651 bits per heavy atom. The maximum absolute atomic E-state index is 12.9. The van der Waals surface area contributed by atoms with E-state index < -0.39 is 48.7 Å². The van der Waals surface area contributed by atoms with Crippen LogP contribution in [0.4, 0.5) is 43.4 Å². The number of non-ortho nitro benzene ring substituents is 1. The highest BCUT2D eigenvalue weighted by Crippen LogP contribution is 2.32. The summed E-state index contributed by atoms with van der Waals surface area (Å²) in [6.45, 7) is -3.59. The van der Waals surface area contributed by atoms with Crippen LogP contribution in [0.15, 0.2) is 149 Å². The van der Waals surface area contributed by atoms with Gasteiger partial charge in [-0.05, 0) is 42.5 Å². The smallest absolute Gasteiger partial charge is 0.406 e. The van der Waals surface area contributed by atoms with E-state index in [2.05, 4.69) is 20.0 Å². The molecule has 0 atom stereocenters. The number of amides is 2. The summed E-state index contributed by atoms with van der Waals surface area (Å²) in [4.78, 5) is 63.2. The van der Waals surface area contributed by atoms with Crippen molar-refractivity contribution in [2.45, 2.75) is 12.4 Å². The number of rotatable bonds is 6. The number of carbonyl (C=O) groups is 2. The number of alkyl halides is 6. The fourth-order valence-corrected chi connectivity index (χ4v) is 6.46. The van der Waals surface area contributed by atoms with E-state index in [1.807, 2.05) is 18.2 Å². The molecule has 322 valence electrons. The highest BCUT2D eigenvalue weighted by Gasteiger charge is 2.37. The van der Waals surface area contributed by atoms with Crippen molar-refractivity contribution in [2.24, 2.45) is 9.98 Å². The molecule has 0 saturated carbocycles. The number of methoxy groups -OCH3 is 1. The number of halogens is 6. The summed E-state index contributed by atoms with van der Waals surface area (Å²) >= 11 is 0. The van der Waals surface area contributed by atoms with Crippen LogP contribution in [0.2, 0.25) is 0 Å². The molecule has 8 rings (SSSR count). The number of nitro groups is 1. The molecule has 19 heteroatoms. The quantitative estimate of drug-likeness (QED) is 0.0933. The van der Waals surface area contributed by atoms with E-state index in [1.54, 1.807) is 74.0 Å². The van der Waals surface area contributed by atoms with Gasteiger partial charge in [0, 0.05) is 46.0 Å². The normalized spacial score (nSPS) is 13.7. The van der Waals surface area contributed by atoms with Crippen LogP contribution in [-0.4, -0.2) is 83.8 Å². The van der Waals surface area contributed by atoms with Crippen molar-refractivity contribution < 1.29 is 45.6 Å². The van der Waals surface area contributed by atoms with E-state index in [0.29, 0.717) is 44.1 Å². The van der Waals surface area contributed by atoms with Crippen LogP contribution in [0.1, 0.15) is 22.3 Å².